The molecule has 1 saturated carbocycles. The number of hydrogen-bond donors (Lipinski definition) is 2. The maximum Gasteiger partial charge on any atom is 0.407 e. The highest BCUT2D eigenvalue weighted by Gasteiger charge is 2.25. The average molecular weight is 579 g/mol. The third-order valence-corrected chi connectivity index (χ3v) is 8.76. The molecule has 5 rings (SSSR count). The monoisotopic (exact) mass is 578 g/mol. The highest BCUT2D eigenvalue weighted by atomic mass is 32.1. The molecule has 3 aromatic rings. The summed E-state index contributed by atoms with van der Waals surface area (Å²) in [5, 5.41) is 6.65. The van der Waals surface area contributed by atoms with E-state index < -0.39 is 5.60 Å². The fraction of sp³-hybridized carbons (Fsp3) is 0.548. The summed E-state index contributed by atoms with van der Waals surface area (Å²) >= 11 is 1.52. The van der Waals surface area contributed by atoms with E-state index in [4.69, 9.17) is 4.74 Å². The summed E-state index contributed by atoms with van der Waals surface area (Å²) in [5.74, 6) is 0.349. The predicted molar refractivity (Wildman–Crippen MR) is 162 cm³/mol. The zero-order valence-corrected chi connectivity index (χ0v) is 25.4. The van der Waals surface area contributed by atoms with E-state index in [1.54, 1.807) is 6.33 Å². The van der Waals surface area contributed by atoms with Gasteiger partial charge in [-0.15, -0.1) is 11.3 Å². The predicted octanol–water partition coefficient (Wildman–Crippen LogP) is 6.43. The van der Waals surface area contributed by atoms with Crippen molar-refractivity contribution in [3.8, 4) is 5.69 Å². The quantitative estimate of drug-likeness (QED) is 0.335. The van der Waals surface area contributed by atoms with E-state index in [1.165, 1.54) is 48.3 Å². The van der Waals surface area contributed by atoms with E-state index in [-0.39, 0.29) is 18.0 Å². The van der Waals surface area contributed by atoms with Gasteiger partial charge in [0.25, 0.3) is 5.91 Å². The Morgan fingerprint density at radius 2 is 1.88 bits per heavy atom. The highest BCUT2D eigenvalue weighted by Crippen LogP contribution is 2.35. The van der Waals surface area contributed by atoms with Crippen molar-refractivity contribution in [1.82, 2.24) is 24.8 Å². The molecule has 2 N–H and O–H groups in total. The molecule has 0 radical (unpaired) electrons. The summed E-state index contributed by atoms with van der Waals surface area (Å²) in [6.07, 6.45) is 13.4. The molecule has 2 aromatic heterocycles. The number of nitrogens with zero attached hydrogens (tertiary/aromatic N) is 4. The number of alkyl carbamates (subject to hydrolysis) is 1. The Morgan fingerprint density at radius 3 is 2.61 bits per heavy atom. The second kappa shape index (κ2) is 12.7. The van der Waals surface area contributed by atoms with Crippen molar-refractivity contribution in [2.24, 2.45) is 0 Å². The first-order valence-electron chi connectivity index (χ1n) is 14.8. The summed E-state index contributed by atoms with van der Waals surface area (Å²) < 4.78 is 7.44. The minimum absolute atomic E-state index is 0.0283. The molecule has 2 aliphatic rings. The van der Waals surface area contributed by atoms with E-state index in [0.717, 1.165) is 48.6 Å². The maximum absolute atomic E-state index is 13.3. The molecule has 1 aromatic carbocycles. The molecular weight excluding hydrogens is 536 g/mol. The summed E-state index contributed by atoms with van der Waals surface area (Å²) in [6.45, 7) is 9.93. The van der Waals surface area contributed by atoms with Crippen LogP contribution in [0.5, 0.6) is 0 Å². The zero-order valence-electron chi connectivity index (χ0n) is 24.6. The number of carbonyl (C=O) groups excluding carboxylic acids is 2. The molecule has 2 fully saturated rings. The van der Waals surface area contributed by atoms with Gasteiger partial charge in [0.1, 0.15) is 5.60 Å². The van der Waals surface area contributed by atoms with Crippen LogP contribution >= 0.6 is 11.3 Å². The van der Waals surface area contributed by atoms with Gasteiger partial charge in [-0.1, -0.05) is 19.3 Å². The first-order valence-corrected chi connectivity index (χ1v) is 15.6. The zero-order chi connectivity index (χ0) is 29.0. The number of thiazole rings is 1. The van der Waals surface area contributed by atoms with Crippen LogP contribution in [0.2, 0.25) is 0 Å². The van der Waals surface area contributed by atoms with Gasteiger partial charge in [0.05, 0.1) is 12.0 Å². The number of likely N-dealkylation sites (tertiary alicyclic amines) is 1. The van der Waals surface area contributed by atoms with Crippen LogP contribution in [0.1, 0.15) is 97.6 Å². The van der Waals surface area contributed by atoms with Crippen LogP contribution in [0, 0.1) is 6.92 Å². The lowest BCUT2D eigenvalue weighted by molar-refractivity contribution is 0.0470. The summed E-state index contributed by atoms with van der Waals surface area (Å²) in [4.78, 5) is 38.0. The second-order valence-corrected chi connectivity index (χ2v) is 13.5. The molecule has 10 heteroatoms. The van der Waals surface area contributed by atoms with Gasteiger partial charge in [-0.05, 0) is 89.6 Å². The number of benzene rings is 1. The van der Waals surface area contributed by atoms with Gasteiger partial charge in [0, 0.05) is 47.8 Å². The Labute approximate surface area is 246 Å². The molecule has 1 aliphatic carbocycles. The smallest absolute Gasteiger partial charge is 0.407 e. The third-order valence-electron chi connectivity index (χ3n) is 7.60. The van der Waals surface area contributed by atoms with Crippen LogP contribution in [0.3, 0.4) is 0 Å². The molecule has 9 nitrogen and oxygen atoms in total. The standard InChI is InChI=1S/C31H42N6O3S/c1-21-17-37(20-33-21)26-14-22(18-36-12-8-11-24(19-36)35-30(39)40-31(2,3)4)13-25(15-26)34-28(38)29-32-16-27(41-29)23-9-6-5-7-10-23/h13-17,20,23-24H,5-12,18-19H2,1-4H3,(H,34,38)(H,35,39)/t24-/m0/s1. The molecule has 0 unspecified atom stereocenters. The molecule has 0 spiro atoms. The Balaban J connectivity index is 1.30. The molecule has 220 valence electrons. The fourth-order valence-corrected chi connectivity index (χ4v) is 6.73. The van der Waals surface area contributed by atoms with Crippen molar-refractivity contribution < 1.29 is 14.3 Å². The number of amides is 2. The first kappa shape index (κ1) is 29.3. The molecule has 3 heterocycles. The van der Waals surface area contributed by atoms with Crippen LogP contribution < -0.4 is 10.6 Å². The maximum atomic E-state index is 13.3. The van der Waals surface area contributed by atoms with Crippen LogP contribution in [-0.4, -0.2) is 56.2 Å². The second-order valence-electron chi connectivity index (χ2n) is 12.4. The molecule has 1 saturated heterocycles. The van der Waals surface area contributed by atoms with E-state index in [1.807, 2.05) is 56.8 Å². The number of imidazole rings is 1. The number of ether oxygens (including phenoxy) is 1. The normalized spacial score (nSPS) is 18.7. The van der Waals surface area contributed by atoms with Crippen molar-refractivity contribution in [1.29, 1.82) is 0 Å². The number of aryl methyl sites for hydroxylation is 1. The Morgan fingerprint density at radius 1 is 1.07 bits per heavy atom. The average Bonchev–Trinajstić information content (AvgIpc) is 3.58. The molecule has 1 aliphatic heterocycles. The van der Waals surface area contributed by atoms with Crippen molar-refractivity contribution in [2.75, 3.05) is 18.4 Å². The van der Waals surface area contributed by atoms with Crippen LogP contribution in [-0.2, 0) is 11.3 Å². The van der Waals surface area contributed by atoms with Crippen LogP contribution in [0.15, 0.2) is 36.9 Å². The number of piperidine rings is 1. The van der Waals surface area contributed by atoms with Crippen molar-refractivity contribution in [3.63, 3.8) is 0 Å². The van der Waals surface area contributed by atoms with Gasteiger partial charge in [0.2, 0.25) is 0 Å². The number of nitrogens with one attached hydrogen (secondary N) is 2. The molecule has 1 atom stereocenters. The minimum atomic E-state index is -0.526. The van der Waals surface area contributed by atoms with Gasteiger partial charge >= 0.3 is 6.09 Å². The van der Waals surface area contributed by atoms with Crippen molar-refractivity contribution >= 4 is 29.0 Å². The lowest BCUT2D eigenvalue weighted by atomic mass is 9.89. The van der Waals surface area contributed by atoms with E-state index >= 15 is 0 Å². The Hall–Kier alpha value is -3.24. The van der Waals surface area contributed by atoms with Gasteiger partial charge in [-0.3, -0.25) is 9.69 Å². The molecular formula is C31H42N6O3S. The van der Waals surface area contributed by atoms with Crippen LogP contribution in [0.25, 0.3) is 5.69 Å². The summed E-state index contributed by atoms with van der Waals surface area (Å²) in [6, 6.07) is 6.17. The van der Waals surface area contributed by atoms with Crippen LogP contribution in [0.4, 0.5) is 10.5 Å². The van der Waals surface area contributed by atoms with Crippen molar-refractivity contribution in [3.05, 3.63) is 58.1 Å². The summed E-state index contributed by atoms with van der Waals surface area (Å²) in [7, 11) is 0. The largest absolute Gasteiger partial charge is 0.444 e. The van der Waals surface area contributed by atoms with E-state index in [0.29, 0.717) is 17.5 Å². The van der Waals surface area contributed by atoms with E-state index in [2.05, 4.69) is 31.6 Å². The summed E-state index contributed by atoms with van der Waals surface area (Å²) in [5.41, 5.74) is 3.13. The van der Waals surface area contributed by atoms with E-state index in [9.17, 15) is 9.59 Å². The Bertz CT molecular complexity index is 1350. The lowest BCUT2D eigenvalue weighted by Crippen LogP contribution is -2.48. The Kier molecular flexibility index (Phi) is 9.09. The first-order chi connectivity index (χ1) is 19.6. The SMILES string of the molecule is Cc1cn(-c2cc(CN3CCC[C@H](NC(=O)OC(C)(C)C)C3)cc(NC(=O)c3ncc(C4CCCCC4)s3)c2)cn1. The van der Waals surface area contributed by atoms with Gasteiger partial charge in [-0.2, -0.15) is 0 Å². The third kappa shape index (κ3) is 8.16. The van der Waals surface area contributed by atoms with Gasteiger partial charge in [0.15, 0.2) is 5.01 Å². The van der Waals surface area contributed by atoms with Gasteiger partial charge in [-0.25, -0.2) is 14.8 Å². The molecule has 0 bridgehead atoms. The topological polar surface area (TPSA) is 101 Å². The minimum Gasteiger partial charge on any atom is -0.444 e. The fourth-order valence-electron chi connectivity index (χ4n) is 5.75. The van der Waals surface area contributed by atoms with Gasteiger partial charge < -0.3 is 19.9 Å². The van der Waals surface area contributed by atoms with Crippen molar-refractivity contribution in [2.45, 2.75) is 96.7 Å². The number of rotatable bonds is 7. The lowest BCUT2D eigenvalue weighted by Gasteiger charge is -2.33. The number of carbonyl (C=O) groups is 2. The highest BCUT2D eigenvalue weighted by molar-refractivity contribution is 7.13. The number of anilines is 1. The molecule has 41 heavy (non-hydrogen) atoms. The number of aromatic nitrogens is 3. The number of hydrogen-bond acceptors (Lipinski definition) is 7. The molecule has 2 amide bonds.